The number of furan rings is 1. The summed E-state index contributed by atoms with van der Waals surface area (Å²) in [5, 5.41) is 12.5. The first-order valence-corrected chi connectivity index (χ1v) is 6.76. The summed E-state index contributed by atoms with van der Waals surface area (Å²) in [6, 6.07) is 8.92. The van der Waals surface area contributed by atoms with E-state index < -0.39 is 5.97 Å². The Kier molecular flexibility index (Phi) is 4.69. The summed E-state index contributed by atoms with van der Waals surface area (Å²) >= 11 is 5.84. The van der Waals surface area contributed by atoms with Crippen molar-refractivity contribution >= 4 is 23.3 Å². The molecule has 1 aromatic heterocycles. The van der Waals surface area contributed by atoms with Crippen LogP contribution in [0.5, 0.6) is 0 Å². The van der Waals surface area contributed by atoms with Gasteiger partial charge in [0.15, 0.2) is 0 Å². The number of anilines is 1. The molecule has 2 aromatic rings. The molecule has 0 aliphatic carbocycles. The van der Waals surface area contributed by atoms with Gasteiger partial charge in [-0.25, -0.2) is 4.79 Å². The van der Waals surface area contributed by atoms with Gasteiger partial charge in [-0.05, 0) is 43.7 Å². The van der Waals surface area contributed by atoms with Gasteiger partial charge in [-0.2, -0.15) is 0 Å². The zero-order chi connectivity index (χ0) is 14.5. The van der Waals surface area contributed by atoms with Crippen molar-refractivity contribution in [2.24, 2.45) is 0 Å². The van der Waals surface area contributed by atoms with Crippen LogP contribution in [0.4, 0.5) is 5.69 Å². The van der Waals surface area contributed by atoms with Crippen LogP contribution in [0, 0.1) is 0 Å². The van der Waals surface area contributed by atoms with Gasteiger partial charge in [-0.3, -0.25) is 0 Å². The lowest BCUT2D eigenvalue weighted by molar-refractivity contribution is 0.0697. The second kappa shape index (κ2) is 6.48. The zero-order valence-corrected chi connectivity index (χ0v) is 11.9. The molecule has 0 aliphatic heterocycles. The number of benzene rings is 1. The smallest absolute Gasteiger partial charge is 0.337 e. The highest BCUT2D eigenvalue weighted by Gasteiger charge is 2.11. The first kappa shape index (κ1) is 14.5. The third-order valence-electron chi connectivity index (χ3n) is 3.01. The van der Waals surface area contributed by atoms with E-state index in [0.29, 0.717) is 0 Å². The van der Waals surface area contributed by atoms with Crippen molar-refractivity contribution in [1.82, 2.24) is 0 Å². The molecule has 2 rings (SSSR count). The van der Waals surface area contributed by atoms with E-state index in [1.54, 1.807) is 24.5 Å². The molecule has 106 valence electrons. The Labute approximate surface area is 122 Å². The summed E-state index contributed by atoms with van der Waals surface area (Å²) in [6.07, 6.45) is 3.38. The minimum atomic E-state index is -1.03. The molecule has 0 spiro atoms. The van der Waals surface area contributed by atoms with E-state index in [0.717, 1.165) is 24.3 Å². The van der Waals surface area contributed by atoms with Gasteiger partial charge in [0.2, 0.25) is 0 Å². The highest BCUT2D eigenvalue weighted by Crippen LogP contribution is 2.21. The lowest BCUT2D eigenvalue weighted by atomic mass is 10.1. The van der Waals surface area contributed by atoms with E-state index in [1.165, 1.54) is 0 Å². The average Bonchev–Trinajstić information content (AvgIpc) is 2.91. The van der Waals surface area contributed by atoms with Gasteiger partial charge in [0.1, 0.15) is 5.76 Å². The molecular weight excluding hydrogens is 278 g/mol. The van der Waals surface area contributed by atoms with Crippen LogP contribution in [0.2, 0.25) is 5.02 Å². The van der Waals surface area contributed by atoms with E-state index in [1.807, 2.05) is 19.1 Å². The summed E-state index contributed by atoms with van der Waals surface area (Å²) < 4.78 is 5.28. The number of hydrogen-bond donors (Lipinski definition) is 2. The maximum Gasteiger partial charge on any atom is 0.337 e. The van der Waals surface area contributed by atoms with Crippen LogP contribution < -0.4 is 5.32 Å². The molecule has 0 fully saturated rings. The van der Waals surface area contributed by atoms with Crippen LogP contribution in [-0.4, -0.2) is 17.1 Å². The topological polar surface area (TPSA) is 62.5 Å². The second-order valence-electron chi connectivity index (χ2n) is 4.66. The fraction of sp³-hybridized carbons (Fsp3) is 0.267. The van der Waals surface area contributed by atoms with E-state index in [2.05, 4.69) is 5.32 Å². The van der Waals surface area contributed by atoms with E-state index >= 15 is 0 Å². The van der Waals surface area contributed by atoms with Crippen LogP contribution >= 0.6 is 11.6 Å². The number of carboxylic acid groups (broad SMARTS) is 1. The van der Waals surface area contributed by atoms with Crippen molar-refractivity contribution in [2.75, 3.05) is 5.32 Å². The molecule has 2 N–H and O–H groups in total. The van der Waals surface area contributed by atoms with Crippen LogP contribution in [-0.2, 0) is 6.42 Å². The van der Waals surface area contributed by atoms with Crippen molar-refractivity contribution < 1.29 is 14.3 Å². The number of hydrogen-bond acceptors (Lipinski definition) is 3. The number of aryl methyl sites for hydroxylation is 1. The van der Waals surface area contributed by atoms with Crippen LogP contribution in [0.15, 0.2) is 41.0 Å². The molecule has 0 amide bonds. The van der Waals surface area contributed by atoms with Crippen molar-refractivity contribution in [3.63, 3.8) is 0 Å². The van der Waals surface area contributed by atoms with E-state index in [-0.39, 0.29) is 16.6 Å². The lowest BCUT2D eigenvalue weighted by Gasteiger charge is -2.15. The van der Waals surface area contributed by atoms with Gasteiger partial charge >= 0.3 is 5.97 Å². The van der Waals surface area contributed by atoms with Crippen molar-refractivity contribution in [3.8, 4) is 0 Å². The molecule has 1 aromatic carbocycles. The number of carboxylic acids is 1. The molecule has 1 atom stereocenters. The zero-order valence-electron chi connectivity index (χ0n) is 11.1. The molecule has 0 bridgehead atoms. The van der Waals surface area contributed by atoms with Crippen LogP contribution in [0.25, 0.3) is 0 Å². The second-order valence-corrected chi connectivity index (χ2v) is 5.07. The number of aromatic carboxylic acids is 1. The normalized spacial score (nSPS) is 12.1. The van der Waals surface area contributed by atoms with Crippen LogP contribution in [0.3, 0.4) is 0 Å². The highest BCUT2D eigenvalue weighted by atomic mass is 35.5. The number of carbonyl (C=O) groups is 1. The summed E-state index contributed by atoms with van der Waals surface area (Å²) in [7, 11) is 0. The fourth-order valence-electron chi connectivity index (χ4n) is 1.95. The molecule has 0 aliphatic rings. The third kappa shape index (κ3) is 3.78. The maximum atomic E-state index is 11.0. The predicted molar refractivity (Wildman–Crippen MR) is 78.5 cm³/mol. The monoisotopic (exact) mass is 293 g/mol. The SMILES string of the molecule is CC(CCc1ccco1)Nc1ccc(Cl)c(C(=O)O)c1. The minimum absolute atomic E-state index is 0.106. The quantitative estimate of drug-likeness (QED) is 0.843. The highest BCUT2D eigenvalue weighted by molar-refractivity contribution is 6.33. The molecule has 5 heteroatoms. The summed E-state index contributed by atoms with van der Waals surface area (Å²) in [5.74, 6) is -0.0807. The Bertz CT molecular complexity index is 581. The van der Waals surface area contributed by atoms with Gasteiger partial charge in [-0.1, -0.05) is 11.6 Å². The summed E-state index contributed by atoms with van der Waals surface area (Å²) in [6.45, 7) is 2.04. The van der Waals surface area contributed by atoms with Crippen molar-refractivity contribution in [3.05, 3.63) is 52.9 Å². The Morgan fingerprint density at radius 1 is 1.45 bits per heavy atom. The lowest BCUT2D eigenvalue weighted by Crippen LogP contribution is -2.16. The summed E-state index contributed by atoms with van der Waals surface area (Å²) in [5.41, 5.74) is 0.855. The molecular formula is C15H16ClNO3. The number of rotatable bonds is 6. The first-order chi connectivity index (χ1) is 9.56. The Hall–Kier alpha value is -1.94. The van der Waals surface area contributed by atoms with Gasteiger partial charge in [0, 0.05) is 18.2 Å². The third-order valence-corrected chi connectivity index (χ3v) is 3.34. The molecule has 1 unspecified atom stereocenters. The van der Waals surface area contributed by atoms with E-state index in [9.17, 15) is 4.79 Å². The van der Waals surface area contributed by atoms with Crippen molar-refractivity contribution in [1.29, 1.82) is 0 Å². The van der Waals surface area contributed by atoms with Gasteiger partial charge < -0.3 is 14.8 Å². The maximum absolute atomic E-state index is 11.0. The van der Waals surface area contributed by atoms with Gasteiger partial charge in [-0.15, -0.1) is 0 Å². The Balaban J connectivity index is 1.95. The Morgan fingerprint density at radius 3 is 2.90 bits per heavy atom. The van der Waals surface area contributed by atoms with Gasteiger partial charge in [0.25, 0.3) is 0 Å². The molecule has 4 nitrogen and oxygen atoms in total. The molecule has 20 heavy (non-hydrogen) atoms. The first-order valence-electron chi connectivity index (χ1n) is 6.38. The number of nitrogens with one attached hydrogen (secondary N) is 1. The Morgan fingerprint density at radius 2 is 2.25 bits per heavy atom. The molecule has 0 saturated heterocycles. The van der Waals surface area contributed by atoms with Crippen LogP contribution in [0.1, 0.15) is 29.5 Å². The van der Waals surface area contributed by atoms with Gasteiger partial charge in [0.05, 0.1) is 16.8 Å². The summed E-state index contributed by atoms with van der Waals surface area (Å²) in [4.78, 5) is 11.0. The molecule has 0 radical (unpaired) electrons. The molecule has 1 heterocycles. The fourth-order valence-corrected chi connectivity index (χ4v) is 2.15. The average molecular weight is 294 g/mol. The molecule has 0 saturated carbocycles. The van der Waals surface area contributed by atoms with Crippen molar-refractivity contribution in [2.45, 2.75) is 25.8 Å². The predicted octanol–water partition coefficient (Wildman–Crippen LogP) is 4.06. The number of halogens is 1. The van der Waals surface area contributed by atoms with E-state index in [4.69, 9.17) is 21.1 Å². The largest absolute Gasteiger partial charge is 0.478 e. The minimum Gasteiger partial charge on any atom is -0.478 e. The standard InChI is InChI=1S/C15H16ClNO3/c1-10(4-6-12-3-2-8-20-12)17-11-5-7-14(16)13(9-11)15(18)19/h2-3,5,7-10,17H,4,6H2,1H3,(H,18,19).